The van der Waals surface area contributed by atoms with Crippen molar-refractivity contribution in [1.29, 1.82) is 0 Å². The Kier molecular flexibility index (Phi) is 3.44. The second-order valence-corrected chi connectivity index (χ2v) is 3.49. The number of pyridine rings is 1. The van der Waals surface area contributed by atoms with Gasteiger partial charge >= 0.3 is 5.97 Å². The van der Waals surface area contributed by atoms with Crippen molar-refractivity contribution in [3.63, 3.8) is 0 Å². The number of anilines is 1. The molecule has 1 heterocycles. The number of aromatic nitrogens is 1. The summed E-state index contributed by atoms with van der Waals surface area (Å²) >= 11 is 0. The number of carboxylic acids is 1. The molecule has 0 aliphatic heterocycles. The normalized spacial score (nSPS) is 9.88. The van der Waals surface area contributed by atoms with E-state index in [-0.39, 0.29) is 12.1 Å². The summed E-state index contributed by atoms with van der Waals surface area (Å²) in [6.45, 7) is 1.77. The van der Waals surface area contributed by atoms with Crippen LogP contribution in [0.25, 0.3) is 0 Å². The summed E-state index contributed by atoms with van der Waals surface area (Å²) in [5.41, 5.74) is 5.86. The van der Waals surface area contributed by atoms with Crippen molar-refractivity contribution >= 4 is 17.7 Å². The number of likely N-dealkylation sites (N-methyl/N-ethyl adjacent to an activating group) is 1. The van der Waals surface area contributed by atoms with E-state index in [1.54, 1.807) is 18.9 Å². The fraction of sp³-hybridized carbons (Fsp3) is 0.300. The molecular weight excluding hydrogens is 210 g/mol. The molecule has 6 nitrogen and oxygen atoms in total. The minimum atomic E-state index is -1.03. The first-order valence-electron chi connectivity index (χ1n) is 4.61. The van der Waals surface area contributed by atoms with E-state index in [4.69, 9.17) is 10.8 Å². The highest BCUT2D eigenvalue weighted by molar-refractivity contribution is 5.88. The van der Waals surface area contributed by atoms with Gasteiger partial charge in [0.25, 0.3) is 0 Å². The zero-order valence-corrected chi connectivity index (χ0v) is 9.10. The minimum Gasteiger partial charge on any atom is -0.478 e. The van der Waals surface area contributed by atoms with Gasteiger partial charge in [0.15, 0.2) is 0 Å². The van der Waals surface area contributed by atoms with Gasteiger partial charge in [0.1, 0.15) is 5.82 Å². The molecule has 0 unspecified atom stereocenters. The van der Waals surface area contributed by atoms with Crippen LogP contribution in [0.5, 0.6) is 0 Å². The molecule has 0 aliphatic rings. The van der Waals surface area contributed by atoms with Crippen LogP contribution in [0.3, 0.4) is 0 Å². The number of carbonyl (C=O) groups is 2. The Morgan fingerprint density at radius 1 is 1.56 bits per heavy atom. The van der Waals surface area contributed by atoms with E-state index in [1.165, 1.54) is 12.3 Å². The van der Waals surface area contributed by atoms with E-state index in [1.807, 2.05) is 0 Å². The number of nitrogens with two attached hydrogens (primary N) is 1. The highest BCUT2D eigenvalue weighted by atomic mass is 16.4. The number of hydrogen-bond donors (Lipinski definition) is 2. The van der Waals surface area contributed by atoms with E-state index in [9.17, 15) is 9.59 Å². The number of nitrogens with zero attached hydrogens (tertiary/aromatic N) is 2. The quantitative estimate of drug-likeness (QED) is 0.749. The maximum absolute atomic E-state index is 10.7. The molecule has 0 spiro atoms. The average molecular weight is 223 g/mol. The molecule has 0 fully saturated rings. The van der Waals surface area contributed by atoms with Gasteiger partial charge in [-0.3, -0.25) is 4.79 Å². The zero-order chi connectivity index (χ0) is 12.3. The van der Waals surface area contributed by atoms with Crippen molar-refractivity contribution in [3.8, 4) is 0 Å². The lowest BCUT2D eigenvalue weighted by molar-refractivity contribution is -0.116. The molecule has 86 valence electrons. The molecule has 1 aromatic rings. The van der Waals surface area contributed by atoms with Gasteiger partial charge in [-0.15, -0.1) is 0 Å². The van der Waals surface area contributed by atoms with Crippen molar-refractivity contribution in [2.75, 3.05) is 18.5 Å². The standard InChI is InChI=1S/C10H13N3O3/c1-6-3-7(10(15)16)4-12-9(6)13(2)5-8(11)14/h3-4H,5H2,1-2H3,(H2,11,14)(H,15,16). The minimum absolute atomic E-state index is 0.0419. The Morgan fingerprint density at radius 3 is 2.62 bits per heavy atom. The predicted molar refractivity (Wildman–Crippen MR) is 58.4 cm³/mol. The summed E-state index contributed by atoms with van der Waals surface area (Å²) < 4.78 is 0. The van der Waals surface area contributed by atoms with E-state index in [0.29, 0.717) is 11.4 Å². The Morgan fingerprint density at radius 2 is 2.19 bits per heavy atom. The SMILES string of the molecule is Cc1cc(C(=O)O)cnc1N(C)CC(N)=O. The number of aromatic carboxylic acids is 1. The van der Waals surface area contributed by atoms with Crippen LogP contribution in [0, 0.1) is 6.92 Å². The number of amides is 1. The number of hydrogen-bond acceptors (Lipinski definition) is 4. The van der Waals surface area contributed by atoms with Crippen LogP contribution < -0.4 is 10.6 Å². The lowest BCUT2D eigenvalue weighted by Gasteiger charge is -2.18. The number of carbonyl (C=O) groups excluding carboxylic acids is 1. The average Bonchev–Trinajstić information content (AvgIpc) is 2.15. The molecule has 1 rings (SSSR count). The number of carboxylic acid groups (broad SMARTS) is 1. The Labute approximate surface area is 92.7 Å². The molecule has 0 saturated carbocycles. The molecule has 0 saturated heterocycles. The van der Waals surface area contributed by atoms with Crippen molar-refractivity contribution in [2.45, 2.75) is 6.92 Å². The third-order valence-corrected chi connectivity index (χ3v) is 2.05. The summed E-state index contributed by atoms with van der Waals surface area (Å²) in [6.07, 6.45) is 1.25. The largest absolute Gasteiger partial charge is 0.478 e. The van der Waals surface area contributed by atoms with E-state index in [0.717, 1.165) is 0 Å². The van der Waals surface area contributed by atoms with Gasteiger partial charge in [0.05, 0.1) is 12.1 Å². The van der Waals surface area contributed by atoms with Crippen LogP contribution in [-0.4, -0.2) is 35.6 Å². The van der Waals surface area contributed by atoms with Gasteiger partial charge in [0.2, 0.25) is 5.91 Å². The van der Waals surface area contributed by atoms with E-state index < -0.39 is 11.9 Å². The van der Waals surface area contributed by atoms with Crippen LogP contribution >= 0.6 is 0 Å². The van der Waals surface area contributed by atoms with Crippen LogP contribution in [0.1, 0.15) is 15.9 Å². The van der Waals surface area contributed by atoms with Crippen molar-refractivity contribution in [1.82, 2.24) is 4.98 Å². The van der Waals surface area contributed by atoms with Crippen LogP contribution in [0.2, 0.25) is 0 Å². The van der Waals surface area contributed by atoms with E-state index in [2.05, 4.69) is 4.98 Å². The van der Waals surface area contributed by atoms with Gasteiger partial charge in [-0.2, -0.15) is 0 Å². The lowest BCUT2D eigenvalue weighted by Crippen LogP contribution is -2.31. The molecule has 6 heteroatoms. The second kappa shape index (κ2) is 4.61. The number of primary amides is 1. The molecule has 1 aromatic heterocycles. The summed E-state index contributed by atoms with van der Waals surface area (Å²) in [6, 6.07) is 1.50. The second-order valence-electron chi connectivity index (χ2n) is 3.49. The van der Waals surface area contributed by atoms with Crippen LogP contribution in [0.15, 0.2) is 12.3 Å². The summed E-state index contributed by atoms with van der Waals surface area (Å²) in [5.74, 6) is -0.950. The molecule has 3 N–H and O–H groups in total. The topological polar surface area (TPSA) is 96.5 Å². The van der Waals surface area contributed by atoms with Crippen LogP contribution in [-0.2, 0) is 4.79 Å². The Hall–Kier alpha value is -2.11. The van der Waals surface area contributed by atoms with Gasteiger partial charge < -0.3 is 15.7 Å². The molecule has 1 amide bonds. The van der Waals surface area contributed by atoms with E-state index >= 15 is 0 Å². The highest BCUT2D eigenvalue weighted by Crippen LogP contribution is 2.16. The molecule has 0 aliphatic carbocycles. The number of rotatable bonds is 4. The molecule has 16 heavy (non-hydrogen) atoms. The fourth-order valence-corrected chi connectivity index (χ4v) is 1.39. The molecule has 0 bridgehead atoms. The monoisotopic (exact) mass is 223 g/mol. The first kappa shape index (κ1) is 12.0. The van der Waals surface area contributed by atoms with Crippen molar-refractivity contribution < 1.29 is 14.7 Å². The third-order valence-electron chi connectivity index (χ3n) is 2.05. The first-order chi connectivity index (χ1) is 7.41. The summed E-state index contributed by atoms with van der Waals surface area (Å²) in [7, 11) is 1.67. The Bertz CT molecular complexity index is 431. The van der Waals surface area contributed by atoms with Crippen LogP contribution in [0.4, 0.5) is 5.82 Å². The van der Waals surface area contributed by atoms with Gasteiger partial charge in [0, 0.05) is 13.2 Å². The smallest absolute Gasteiger partial charge is 0.337 e. The van der Waals surface area contributed by atoms with Crippen molar-refractivity contribution in [2.24, 2.45) is 5.73 Å². The lowest BCUT2D eigenvalue weighted by atomic mass is 10.2. The van der Waals surface area contributed by atoms with Gasteiger partial charge in [-0.25, -0.2) is 9.78 Å². The molecule has 0 radical (unpaired) electrons. The molecular formula is C10H13N3O3. The summed E-state index contributed by atoms with van der Waals surface area (Å²) in [4.78, 5) is 27.0. The maximum Gasteiger partial charge on any atom is 0.337 e. The predicted octanol–water partition coefficient (Wildman–Crippen LogP) is 0.00972. The maximum atomic E-state index is 10.7. The third kappa shape index (κ3) is 2.69. The molecule has 0 aromatic carbocycles. The fourth-order valence-electron chi connectivity index (χ4n) is 1.39. The highest BCUT2D eigenvalue weighted by Gasteiger charge is 2.11. The Balaban J connectivity index is 2.98. The summed E-state index contributed by atoms with van der Waals surface area (Å²) in [5, 5.41) is 8.76. The number of aryl methyl sites for hydroxylation is 1. The van der Waals surface area contributed by atoms with Gasteiger partial charge in [-0.1, -0.05) is 0 Å². The first-order valence-corrected chi connectivity index (χ1v) is 4.61. The zero-order valence-electron chi connectivity index (χ0n) is 9.10. The van der Waals surface area contributed by atoms with Crippen molar-refractivity contribution in [3.05, 3.63) is 23.4 Å². The van der Waals surface area contributed by atoms with Gasteiger partial charge in [-0.05, 0) is 18.6 Å². The molecule has 0 atom stereocenters.